The highest BCUT2D eigenvalue weighted by Gasteiger charge is 2.35. The van der Waals surface area contributed by atoms with Crippen LogP contribution in [0.25, 0.3) is 0 Å². The van der Waals surface area contributed by atoms with Gasteiger partial charge >= 0.3 is 5.97 Å². The molecule has 1 rings (SSSR count). The third kappa shape index (κ3) is 4.31. The summed E-state index contributed by atoms with van der Waals surface area (Å²) >= 11 is 5.88. The van der Waals surface area contributed by atoms with E-state index in [0.29, 0.717) is 9.51 Å². The molecule has 1 N–H and O–H groups in total. The van der Waals surface area contributed by atoms with Crippen molar-refractivity contribution in [2.75, 3.05) is 27.7 Å². The first-order valence-corrected chi connectivity index (χ1v) is 6.28. The van der Waals surface area contributed by atoms with Gasteiger partial charge in [0.15, 0.2) is 0 Å². The molecule has 0 saturated heterocycles. The van der Waals surface area contributed by atoms with E-state index in [1.807, 2.05) is 31.2 Å². The molecular formula is C14H21ClNO2+. The maximum atomic E-state index is 11.1. The average Bonchev–Trinajstić information content (AvgIpc) is 2.13. The van der Waals surface area contributed by atoms with Crippen LogP contribution in [0.2, 0.25) is 5.02 Å². The number of hydrogen-bond donors (Lipinski definition) is 1. The Hall–Kier alpha value is -1.06. The summed E-state index contributed by atoms with van der Waals surface area (Å²) in [5.74, 6) is -0.777. The van der Waals surface area contributed by atoms with Gasteiger partial charge in [-0.15, -0.1) is 0 Å². The van der Waals surface area contributed by atoms with E-state index < -0.39 is 11.4 Å². The van der Waals surface area contributed by atoms with Gasteiger partial charge in [0.25, 0.3) is 0 Å². The van der Waals surface area contributed by atoms with Gasteiger partial charge < -0.3 is 9.59 Å². The number of likely N-dealkylation sites (N-methyl/N-ethyl adjacent to an activating group) is 1. The SMILES string of the molecule is CC(CC(=O)O)(C[N+](C)(C)C)c1ccc(Cl)cc1. The molecule has 18 heavy (non-hydrogen) atoms. The van der Waals surface area contributed by atoms with Crippen LogP contribution in [0.5, 0.6) is 0 Å². The third-order valence-corrected chi connectivity index (χ3v) is 3.16. The zero-order chi connectivity index (χ0) is 14.0. The zero-order valence-corrected chi connectivity index (χ0v) is 12.2. The van der Waals surface area contributed by atoms with E-state index in [4.69, 9.17) is 16.7 Å². The number of quaternary nitrogens is 1. The second-order valence-electron chi connectivity index (χ2n) is 6.09. The van der Waals surface area contributed by atoms with Crippen molar-refractivity contribution in [2.24, 2.45) is 0 Å². The van der Waals surface area contributed by atoms with Crippen molar-refractivity contribution in [3.05, 3.63) is 34.9 Å². The van der Waals surface area contributed by atoms with Gasteiger partial charge in [-0.2, -0.15) is 0 Å². The molecule has 0 amide bonds. The van der Waals surface area contributed by atoms with E-state index in [9.17, 15) is 4.79 Å². The Balaban J connectivity index is 3.11. The molecule has 0 radical (unpaired) electrons. The molecule has 1 atom stereocenters. The fraction of sp³-hybridized carbons (Fsp3) is 0.500. The summed E-state index contributed by atoms with van der Waals surface area (Å²) in [4.78, 5) is 11.1. The van der Waals surface area contributed by atoms with E-state index in [1.54, 1.807) is 0 Å². The van der Waals surface area contributed by atoms with Crippen LogP contribution in [0.3, 0.4) is 0 Å². The van der Waals surface area contributed by atoms with Crippen molar-refractivity contribution in [3.63, 3.8) is 0 Å². The number of halogens is 1. The Bertz CT molecular complexity index is 422. The Morgan fingerprint density at radius 2 is 1.78 bits per heavy atom. The molecule has 1 aromatic rings. The number of benzene rings is 1. The molecule has 0 aliphatic heterocycles. The molecule has 4 heteroatoms. The van der Waals surface area contributed by atoms with Crippen LogP contribution in [-0.4, -0.2) is 43.2 Å². The molecule has 0 aromatic heterocycles. The third-order valence-electron chi connectivity index (χ3n) is 2.91. The van der Waals surface area contributed by atoms with Crippen LogP contribution in [-0.2, 0) is 10.2 Å². The highest BCUT2D eigenvalue weighted by molar-refractivity contribution is 6.30. The van der Waals surface area contributed by atoms with Gasteiger partial charge in [-0.05, 0) is 24.6 Å². The number of nitrogens with zero attached hydrogens (tertiary/aromatic N) is 1. The lowest BCUT2D eigenvalue weighted by Gasteiger charge is -2.36. The average molecular weight is 271 g/mol. The van der Waals surface area contributed by atoms with Crippen LogP contribution in [0.15, 0.2) is 24.3 Å². The topological polar surface area (TPSA) is 37.3 Å². The molecule has 3 nitrogen and oxygen atoms in total. The highest BCUT2D eigenvalue weighted by atomic mass is 35.5. The maximum Gasteiger partial charge on any atom is 0.304 e. The van der Waals surface area contributed by atoms with Gasteiger partial charge in [0, 0.05) is 5.02 Å². The van der Waals surface area contributed by atoms with E-state index in [2.05, 4.69) is 21.1 Å². The number of hydrogen-bond acceptors (Lipinski definition) is 1. The first-order valence-electron chi connectivity index (χ1n) is 5.91. The van der Waals surface area contributed by atoms with Gasteiger partial charge in [-0.25, -0.2) is 0 Å². The van der Waals surface area contributed by atoms with E-state index in [1.165, 1.54) is 0 Å². The summed E-state index contributed by atoms with van der Waals surface area (Å²) in [5, 5.41) is 9.80. The molecule has 100 valence electrons. The van der Waals surface area contributed by atoms with Crippen molar-refractivity contribution < 1.29 is 14.4 Å². The standard InChI is InChI=1S/C14H20ClNO2/c1-14(9-13(17)18,10-16(2,3)4)11-5-7-12(15)8-6-11/h5-8H,9-10H2,1-4H3/p+1. The summed E-state index contributed by atoms with van der Waals surface area (Å²) in [6.45, 7) is 2.74. The van der Waals surface area contributed by atoms with Crippen LogP contribution < -0.4 is 0 Å². The number of aliphatic carboxylic acids is 1. The largest absolute Gasteiger partial charge is 0.481 e. The zero-order valence-electron chi connectivity index (χ0n) is 11.4. The summed E-state index contributed by atoms with van der Waals surface area (Å²) in [6, 6.07) is 7.46. The Morgan fingerprint density at radius 3 is 2.17 bits per heavy atom. The fourth-order valence-corrected chi connectivity index (χ4v) is 2.61. The van der Waals surface area contributed by atoms with Crippen LogP contribution >= 0.6 is 11.6 Å². The van der Waals surface area contributed by atoms with Gasteiger partial charge in [-0.3, -0.25) is 4.79 Å². The van der Waals surface area contributed by atoms with Crippen LogP contribution in [0.4, 0.5) is 0 Å². The molecule has 0 fully saturated rings. The fourth-order valence-electron chi connectivity index (χ4n) is 2.48. The number of carbonyl (C=O) groups is 1. The lowest BCUT2D eigenvalue weighted by molar-refractivity contribution is -0.874. The molecule has 0 aliphatic rings. The number of rotatable bonds is 5. The van der Waals surface area contributed by atoms with E-state index >= 15 is 0 Å². The second-order valence-corrected chi connectivity index (χ2v) is 6.52. The Morgan fingerprint density at radius 1 is 1.28 bits per heavy atom. The minimum absolute atomic E-state index is 0.115. The number of carboxylic acid groups (broad SMARTS) is 1. The van der Waals surface area contributed by atoms with Crippen molar-refractivity contribution in [1.82, 2.24) is 0 Å². The first kappa shape index (κ1) is 15.0. The van der Waals surface area contributed by atoms with Crippen molar-refractivity contribution in [3.8, 4) is 0 Å². The smallest absolute Gasteiger partial charge is 0.304 e. The quantitative estimate of drug-likeness (QED) is 0.836. The van der Waals surface area contributed by atoms with Crippen molar-refractivity contribution in [2.45, 2.75) is 18.8 Å². The first-order chi connectivity index (χ1) is 8.12. The molecule has 0 spiro atoms. The normalized spacial score (nSPS) is 15.2. The van der Waals surface area contributed by atoms with Gasteiger partial charge in [0.05, 0.1) is 39.5 Å². The van der Waals surface area contributed by atoms with Crippen LogP contribution in [0, 0.1) is 0 Å². The molecular weight excluding hydrogens is 250 g/mol. The molecule has 1 aromatic carbocycles. The van der Waals surface area contributed by atoms with E-state index in [0.717, 1.165) is 12.1 Å². The van der Waals surface area contributed by atoms with Gasteiger partial charge in [0.1, 0.15) is 0 Å². The Labute approximate surface area is 114 Å². The second kappa shape index (κ2) is 5.29. The summed E-state index contributed by atoms with van der Waals surface area (Å²) in [6.07, 6.45) is 0.115. The minimum Gasteiger partial charge on any atom is -0.481 e. The minimum atomic E-state index is -0.777. The molecule has 1 unspecified atom stereocenters. The summed E-state index contributed by atoms with van der Waals surface area (Å²) in [5.41, 5.74) is 0.622. The lowest BCUT2D eigenvalue weighted by atomic mass is 9.78. The van der Waals surface area contributed by atoms with Gasteiger partial charge in [0.2, 0.25) is 0 Å². The monoisotopic (exact) mass is 270 g/mol. The molecule has 0 bridgehead atoms. The predicted molar refractivity (Wildman–Crippen MR) is 74.0 cm³/mol. The molecule has 0 aliphatic carbocycles. The van der Waals surface area contributed by atoms with Gasteiger partial charge in [-0.1, -0.05) is 23.7 Å². The lowest BCUT2D eigenvalue weighted by Crippen LogP contribution is -2.47. The molecule has 0 heterocycles. The summed E-state index contributed by atoms with van der Waals surface area (Å²) in [7, 11) is 6.20. The van der Waals surface area contributed by atoms with Crippen molar-refractivity contribution in [1.29, 1.82) is 0 Å². The predicted octanol–water partition coefficient (Wildman–Crippen LogP) is 2.78. The highest BCUT2D eigenvalue weighted by Crippen LogP contribution is 2.30. The number of carboxylic acids is 1. The van der Waals surface area contributed by atoms with Crippen LogP contribution in [0.1, 0.15) is 18.9 Å². The molecule has 0 saturated carbocycles. The summed E-state index contributed by atoms with van der Waals surface area (Å²) < 4.78 is 0.715. The van der Waals surface area contributed by atoms with E-state index in [-0.39, 0.29) is 6.42 Å². The van der Waals surface area contributed by atoms with Crippen molar-refractivity contribution >= 4 is 17.6 Å². The Kier molecular flexibility index (Phi) is 4.41. The maximum absolute atomic E-state index is 11.1.